The number of rotatable bonds is 7. The van der Waals surface area contributed by atoms with Crippen molar-refractivity contribution in [1.29, 1.82) is 0 Å². The van der Waals surface area contributed by atoms with Crippen LogP contribution >= 0.6 is 0 Å². The lowest BCUT2D eigenvalue weighted by Gasteiger charge is -2.04. The second-order valence-corrected chi connectivity index (χ2v) is 2.88. The Morgan fingerprint density at radius 3 is 3.20 bits per heavy atom. The van der Waals surface area contributed by atoms with Crippen LogP contribution in [0.3, 0.4) is 0 Å². The van der Waals surface area contributed by atoms with Gasteiger partial charge < -0.3 is 15.4 Å². The second-order valence-electron chi connectivity index (χ2n) is 2.88. The molecule has 1 aromatic rings. The Bertz CT molecular complexity index is 275. The van der Waals surface area contributed by atoms with Gasteiger partial charge in [-0.3, -0.25) is 9.89 Å². The number of nitrogens with zero attached hydrogens (tertiary/aromatic N) is 2. The molecule has 0 saturated heterocycles. The van der Waals surface area contributed by atoms with Crippen LogP contribution in [-0.4, -0.2) is 47.9 Å². The van der Waals surface area contributed by atoms with Gasteiger partial charge in [-0.2, -0.15) is 5.10 Å². The van der Waals surface area contributed by atoms with Crippen LogP contribution in [0.1, 0.15) is 5.82 Å². The molecule has 1 amide bonds. The van der Waals surface area contributed by atoms with Crippen LogP contribution in [0, 0.1) is 0 Å². The zero-order valence-corrected chi connectivity index (χ0v) is 8.62. The highest BCUT2D eigenvalue weighted by Crippen LogP contribution is 1.82. The molecule has 0 aliphatic rings. The van der Waals surface area contributed by atoms with Crippen molar-refractivity contribution < 1.29 is 9.53 Å². The lowest BCUT2D eigenvalue weighted by molar-refractivity contribution is -0.120. The summed E-state index contributed by atoms with van der Waals surface area (Å²) >= 11 is 0. The van der Waals surface area contributed by atoms with Gasteiger partial charge in [-0.05, 0) is 0 Å². The van der Waals surface area contributed by atoms with Crippen LogP contribution in [-0.2, 0) is 16.1 Å². The molecule has 3 N–H and O–H groups in total. The molecule has 7 nitrogen and oxygen atoms in total. The second kappa shape index (κ2) is 6.91. The van der Waals surface area contributed by atoms with Gasteiger partial charge in [0, 0.05) is 13.7 Å². The first kappa shape index (κ1) is 11.6. The SMILES string of the molecule is COCCNCC(=O)NCc1ncn[nH]1. The van der Waals surface area contributed by atoms with Crippen LogP contribution in [0.25, 0.3) is 0 Å². The van der Waals surface area contributed by atoms with E-state index in [1.54, 1.807) is 7.11 Å². The lowest BCUT2D eigenvalue weighted by Crippen LogP contribution is -2.35. The molecular weight excluding hydrogens is 198 g/mol. The van der Waals surface area contributed by atoms with Gasteiger partial charge in [0.1, 0.15) is 12.2 Å². The number of aromatic nitrogens is 3. The third kappa shape index (κ3) is 5.08. The average molecular weight is 213 g/mol. The Morgan fingerprint density at radius 1 is 1.67 bits per heavy atom. The molecule has 0 aliphatic heterocycles. The first-order chi connectivity index (χ1) is 7.33. The van der Waals surface area contributed by atoms with E-state index in [4.69, 9.17) is 4.74 Å². The standard InChI is InChI=1S/C8H15N5O2/c1-15-3-2-9-5-8(14)10-4-7-11-6-12-13-7/h6,9H,2-5H2,1H3,(H,10,14)(H,11,12,13). The summed E-state index contributed by atoms with van der Waals surface area (Å²) in [6.45, 7) is 1.89. The van der Waals surface area contributed by atoms with E-state index in [9.17, 15) is 4.79 Å². The zero-order chi connectivity index (χ0) is 10.9. The van der Waals surface area contributed by atoms with Crippen LogP contribution < -0.4 is 10.6 Å². The number of aromatic amines is 1. The largest absolute Gasteiger partial charge is 0.383 e. The highest BCUT2D eigenvalue weighted by atomic mass is 16.5. The fraction of sp³-hybridized carbons (Fsp3) is 0.625. The topological polar surface area (TPSA) is 91.9 Å². The summed E-state index contributed by atoms with van der Waals surface area (Å²) in [5.74, 6) is 0.558. The van der Waals surface area contributed by atoms with Gasteiger partial charge in [0.2, 0.25) is 5.91 Å². The molecule has 1 heterocycles. The molecule has 0 saturated carbocycles. The summed E-state index contributed by atoms with van der Waals surface area (Å²) in [6, 6.07) is 0. The van der Waals surface area contributed by atoms with Crippen molar-refractivity contribution in [1.82, 2.24) is 25.8 Å². The number of amides is 1. The van der Waals surface area contributed by atoms with E-state index in [1.165, 1.54) is 6.33 Å². The van der Waals surface area contributed by atoms with Crippen molar-refractivity contribution in [2.75, 3.05) is 26.8 Å². The zero-order valence-electron chi connectivity index (χ0n) is 8.62. The van der Waals surface area contributed by atoms with E-state index in [0.29, 0.717) is 25.5 Å². The van der Waals surface area contributed by atoms with Crippen molar-refractivity contribution in [2.24, 2.45) is 0 Å². The molecule has 84 valence electrons. The Labute approximate surface area is 87.6 Å². The number of carbonyl (C=O) groups excluding carboxylic acids is 1. The summed E-state index contributed by atoms with van der Waals surface area (Å²) in [5.41, 5.74) is 0. The molecule has 0 fully saturated rings. The third-order valence-corrected chi connectivity index (χ3v) is 1.69. The molecular formula is C8H15N5O2. The van der Waals surface area contributed by atoms with Crippen molar-refractivity contribution in [3.8, 4) is 0 Å². The van der Waals surface area contributed by atoms with Crippen molar-refractivity contribution in [3.05, 3.63) is 12.2 Å². The number of hydrogen-bond donors (Lipinski definition) is 3. The van der Waals surface area contributed by atoms with Crippen molar-refractivity contribution in [3.63, 3.8) is 0 Å². The van der Waals surface area contributed by atoms with E-state index in [1.807, 2.05) is 0 Å². The Balaban J connectivity index is 2.04. The summed E-state index contributed by atoms with van der Waals surface area (Å²) in [7, 11) is 1.62. The van der Waals surface area contributed by atoms with Gasteiger partial charge in [0.25, 0.3) is 0 Å². The molecule has 0 bridgehead atoms. The van der Waals surface area contributed by atoms with E-state index in [0.717, 1.165) is 0 Å². The van der Waals surface area contributed by atoms with Gasteiger partial charge in [-0.1, -0.05) is 0 Å². The molecule has 0 aliphatic carbocycles. The van der Waals surface area contributed by atoms with Gasteiger partial charge in [-0.25, -0.2) is 4.98 Å². The first-order valence-corrected chi connectivity index (χ1v) is 4.63. The van der Waals surface area contributed by atoms with Crippen molar-refractivity contribution in [2.45, 2.75) is 6.54 Å². The minimum atomic E-state index is -0.0810. The van der Waals surface area contributed by atoms with Crippen LogP contribution in [0.4, 0.5) is 0 Å². The minimum Gasteiger partial charge on any atom is -0.383 e. The van der Waals surface area contributed by atoms with E-state index < -0.39 is 0 Å². The number of carbonyl (C=O) groups is 1. The summed E-state index contributed by atoms with van der Waals surface area (Å²) in [4.78, 5) is 15.1. The molecule has 7 heteroatoms. The number of nitrogens with one attached hydrogen (secondary N) is 3. The highest BCUT2D eigenvalue weighted by Gasteiger charge is 2.01. The van der Waals surface area contributed by atoms with Gasteiger partial charge in [0.05, 0.1) is 19.7 Å². The smallest absolute Gasteiger partial charge is 0.234 e. The normalized spacial score (nSPS) is 10.2. The molecule has 15 heavy (non-hydrogen) atoms. The van der Waals surface area contributed by atoms with Gasteiger partial charge in [-0.15, -0.1) is 0 Å². The van der Waals surface area contributed by atoms with Crippen molar-refractivity contribution >= 4 is 5.91 Å². The number of ether oxygens (including phenoxy) is 1. The van der Waals surface area contributed by atoms with Gasteiger partial charge >= 0.3 is 0 Å². The quantitative estimate of drug-likeness (QED) is 0.487. The molecule has 0 spiro atoms. The van der Waals surface area contributed by atoms with Crippen LogP contribution in [0.5, 0.6) is 0 Å². The molecule has 0 unspecified atom stereocenters. The predicted octanol–water partition coefficient (Wildman–Crippen LogP) is -1.34. The Kier molecular flexibility index (Phi) is 5.34. The maximum absolute atomic E-state index is 11.2. The third-order valence-electron chi connectivity index (χ3n) is 1.69. The maximum atomic E-state index is 11.2. The molecule has 0 atom stereocenters. The number of hydrogen-bond acceptors (Lipinski definition) is 5. The Hall–Kier alpha value is -1.47. The molecule has 1 rings (SSSR count). The van der Waals surface area contributed by atoms with Crippen LogP contribution in [0.15, 0.2) is 6.33 Å². The number of H-pyrrole nitrogens is 1. The van der Waals surface area contributed by atoms with Crippen LogP contribution in [0.2, 0.25) is 0 Å². The Morgan fingerprint density at radius 2 is 2.53 bits per heavy atom. The predicted molar refractivity (Wildman–Crippen MR) is 53.0 cm³/mol. The minimum absolute atomic E-state index is 0.0810. The fourth-order valence-electron chi connectivity index (χ4n) is 0.937. The molecule has 0 aromatic carbocycles. The number of methoxy groups -OCH3 is 1. The van der Waals surface area contributed by atoms with Gasteiger partial charge in [0.15, 0.2) is 0 Å². The van der Waals surface area contributed by atoms with E-state index in [-0.39, 0.29) is 12.5 Å². The summed E-state index contributed by atoms with van der Waals surface area (Å²) in [5, 5.41) is 11.9. The fourth-order valence-corrected chi connectivity index (χ4v) is 0.937. The van der Waals surface area contributed by atoms with E-state index in [2.05, 4.69) is 25.8 Å². The molecule has 0 radical (unpaired) electrons. The summed E-state index contributed by atoms with van der Waals surface area (Å²) in [6.07, 6.45) is 1.40. The monoisotopic (exact) mass is 213 g/mol. The summed E-state index contributed by atoms with van der Waals surface area (Å²) < 4.78 is 4.83. The van der Waals surface area contributed by atoms with E-state index >= 15 is 0 Å². The lowest BCUT2D eigenvalue weighted by atomic mass is 10.5. The molecule has 1 aromatic heterocycles. The average Bonchev–Trinajstić information content (AvgIpc) is 2.74. The first-order valence-electron chi connectivity index (χ1n) is 4.63. The maximum Gasteiger partial charge on any atom is 0.234 e. The highest BCUT2D eigenvalue weighted by molar-refractivity contribution is 5.77.